The Kier molecular flexibility index (Phi) is 4.51. The summed E-state index contributed by atoms with van der Waals surface area (Å²) >= 11 is 0. The molecule has 1 atom stereocenters. The number of aromatic nitrogens is 2. The average molecular weight is 402 g/mol. The van der Waals surface area contributed by atoms with Crippen LogP contribution in [0.1, 0.15) is 11.1 Å². The van der Waals surface area contributed by atoms with Crippen LogP contribution in [0, 0.1) is 11.3 Å². The van der Waals surface area contributed by atoms with E-state index in [1.54, 1.807) is 6.07 Å². The molecule has 0 amide bonds. The predicted octanol–water partition coefficient (Wildman–Crippen LogP) is 1.64. The van der Waals surface area contributed by atoms with Gasteiger partial charge in [-0.3, -0.25) is 18.7 Å². The molecule has 8 nitrogen and oxygen atoms in total. The summed E-state index contributed by atoms with van der Waals surface area (Å²) in [5.41, 5.74) is -1.33. The summed E-state index contributed by atoms with van der Waals surface area (Å²) in [5, 5.41) is 25.0. The van der Waals surface area contributed by atoms with Crippen LogP contribution in [0.3, 0.4) is 0 Å². The number of aliphatic hydroxyl groups is 1. The van der Waals surface area contributed by atoms with Crippen molar-refractivity contribution in [3.8, 4) is 6.07 Å². The summed E-state index contributed by atoms with van der Waals surface area (Å²) in [7, 11) is 2.70. The van der Waals surface area contributed by atoms with Gasteiger partial charge in [0.2, 0.25) is 0 Å². The number of nitrogens with zero attached hydrogens (tertiary/aromatic N) is 3. The van der Waals surface area contributed by atoms with Crippen LogP contribution in [0.2, 0.25) is 0 Å². The number of nitriles is 1. The first kappa shape index (κ1) is 19.2. The van der Waals surface area contributed by atoms with Gasteiger partial charge < -0.3 is 10.4 Å². The highest BCUT2D eigenvalue weighted by Crippen LogP contribution is 2.28. The largest absolute Gasteiger partial charge is 0.505 e. The summed E-state index contributed by atoms with van der Waals surface area (Å²) in [5.74, 6) is -1.36. The maximum atomic E-state index is 13.1. The lowest BCUT2D eigenvalue weighted by Gasteiger charge is -2.20. The lowest BCUT2D eigenvalue weighted by Crippen LogP contribution is -2.41. The fourth-order valence-corrected chi connectivity index (χ4v) is 3.82. The van der Waals surface area contributed by atoms with Crippen LogP contribution >= 0.6 is 0 Å². The molecule has 0 aliphatic carbocycles. The molecule has 0 unspecified atom stereocenters. The van der Waals surface area contributed by atoms with Crippen molar-refractivity contribution in [1.29, 1.82) is 5.26 Å². The van der Waals surface area contributed by atoms with Gasteiger partial charge in [0.25, 0.3) is 5.56 Å². The Morgan fingerprint density at radius 3 is 2.50 bits per heavy atom. The fraction of sp³-hybridized carbons (Fsp3) is 0.182. The average Bonchev–Trinajstić information content (AvgIpc) is 2.85. The van der Waals surface area contributed by atoms with Crippen molar-refractivity contribution in [2.24, 2.45) is 14.1 Å². The Hall–Kier alpha value is -4.12. The topological polar surface area (TPSA) is 117 Å². The first-order chi connectivity index (χ1) is 14.3. The van der Waals surface area contributed by atoms with E-state index in [4.69, 9.17) is 0 Å². The number of anilines is 1. The molecular formula is C22H18N4O4. The first-order valence-corrected chi connectivity index (χ1v) is 9.26. The van der Waals surface area contributed by atoms with Crippen molar-refractivity contribution in [2.45, 2.75) is 12.5 Å². The van der Waals surface area contributed by atoms with Gasteiger partial charge in [0, 0.05) is 20.5 Å². The molecule has 0 saturated heterocycles. The van der Waals surface area contributed by atoms with Crippen LogP contribution in [0.15, 0.2) is 57.6 Å². The predicted molar refractivity (Wildman–Crippen MR) is 112 cm³/mol. The highest BCUT2D eigenvalue weighted by molar-refractivity contribution is 6.11. The van der Waals surface area contributed by atoms with Crippen molar-refractivity contribution >= 4 is 28.1 Å². The summed E-state index contributed by atoms with van der Waals surface area (Å²) in [6, 6.07) is 14.2. The molecule has 0 radical (unpaired) electrons. The van der Waals surface area contributed by atoms with Gasteiger partial charge in [0.1, 0.15) is 23.0 Å². The number of carbonyl (C=O) groups is 1. The van der Waals surface area contributed by atoms with Crippen LogP contribution in [-0.2, 0) is 25.3 Å². The van der Waals surface area contributed by atoms with Crippen molar-refractivity contribution in [3.05, 3.63) is 80.0 Å². The molecule has 3 aromatic rings. The SMILES string of the molecule is Cn1c2c(c(=O)n(C)c1=O)C(O)=C(C#N)C(=O)[C@@H](Cc1cccc3ccccc13)N2. The quantitative estimate of drug-likeness (QED) is 0.673. The number of ketones is 1. The first-order valence-electron chi connectivity index (χ1n) is 9.26. The summed E-state index contributed by atoms with van der Waals surface area (Å²) < 4.78 is 1.97. The second-order valence-electron chi connectivity index (χ2n) is 7.17. The number of aliphatic hydroxyl groups excluding tert-OH is 1. The molecule has 2 N–H and O–H groups in total. The van der Waals surface area contributed by atoms with Gasteiger partial charge in [0.05, 0.1) is 6.04 Å². The summed E-state index contributed by atoms with van der Waals surface area (Å²) in [4.78, 5) is 38.1. The smallest absolute Gasteiger partial charge is 0.332 e. The van der Waals surface area contributed by atoms with Crippen molar-refractivity contribution in [3.63, 3.8) is 0 Å². The Morgan fingerprint density at radius 1 is 1.07 bits per heavy atom. The van der Waals surface area contributed by atoms with E-state index in [-0.39, 0.29) is 17.8 Å². The van der Waals surface area contributed by atoms with E-state index in [2.05, 4.69) is 5.32 Å². The number of hydrogen-bond donors (Lipinski definition) is 2. The number of Topliss-reactive ketones (excluding diaryl/α,β-unsaturated/α-hetero) is 1. The standard InChI is InChI=1S/C22H18N4O4/c1-25-20-17(21(29)26(2)22(25)30)19(28)15(11-23)18(27)16(24-20)10-13-8-5-7-12-6-3-4-9-14(12)13/h3-9,16,24,28H,10H2,1-2H3/t16-/m1/s1. The molecule has 0 spiro atoms. The minimum atomic E-state index is -0.952. The van der Waals surface area contributed by atoms with Gasteiger partial charge in [-0.1, -0.05) is 42.5 Å². The molecule has 1 aromatic heterocycles. The zero-order chi connectivity index (χ0) is 21.6. The van der Waals surface area contributed by atoms with Crippen molar-refractivity contribution < 1.29 is 9.90 Å². The third-order valence-corrected chi connectivity index (χ3v) is 5.43. The van der Waals surface area contributed by atoms with Gasteiger partial charge in [-0.15, -0.1) is 0 Å². The maximum Gasteiger partial charge on any atom is 0.332 e. The Bertz CT molecular complexity index is 1400. The third kappa shape index (κ3) is 2.79. The van der Waals surface area contributed by atoms with E-state index < -0.39 is 34.4 Å². The normalized spacial score (nSPS) is 16.0. The number of carbonyl (C=O) groups excluding carboxylic acids is 1. The van der Waals surface area contributed by atoms with Gasteiger partial charge >= 0.3 is 5.69 Å². The lowest BCUT2D eigenvalue weighted by atomic mass is 9.94. The monoisotopic (exact) mass is 402 g/mol. The van der Waals surface area contributed by atoms with Crippen LogP contribution in [0.25, 0.3) is 16.5 Å². The number of benzene rings is 2. The van der Waals surface area contributed by atoms with Crippen LogP contribution in [0.4, 0.5) is 5.82 Å². The van der Waals surface area contributed by atoms with Crippen LogP contribution in [-0.4, -0.2) is 26.1 Å². The van der Waals surface area contributed by atoms with Gasteiger partial charge in [-0.2, -0.15) is 5.26 Å². The third-order valence-electron chi connectivity index (χ3n) is 5.43. The number of hydrogen-bond acceptors (Lipinski definition) is 6. The van der Waals surface area contributed by atoms with E-state index in [0.717, 1.165) is 25.5 Å². The Labute approximate surface area is 170 Å². The maximum absolute atomic E-state index is 13.1. The molecule has 0 saturated carbocycles. The second kappa shape index (κ2) is 7.04. The van der Waals surface area contributed by atoms with Gasteiger partial charge in [0.15, 0.2) is 11.5 Å². The molecular weight excluding hydrogens is 384 g/mol. The number of fused-ring (bicyclic) bond motifs is 2. The summed E-state index contributed by atoms with van der Waals surface area (Å²) in [6.07, 6.45) is 0.196. The van der Waals surface area contributed by atoms with E-state index in [9.17, 15) is 24.8 Å². The molecule has 0 fully saturated rings. The minimum Gasteiger partial charge on any atom is -0.505 e. The molecule has 8 heteroatoms. The molecule has 1 aliphatic heterocycles. The van der Waals surface area contributed by atoms with E-state index in [1.165, 1.54) is 14.1 Å². The highest BCUT2D eigenvalue weighted by Gasteiger charge is 2.34. The van der Waals surface area contributed by atoms with Crippen LogP contribution < -0.4 is 16.6 Å². The van der Waals surface area contributed by atoms with Crippen molar-refractivity contribution in [1.82, 2.24) is 9.13 Å². The van der Waals surface area contributed by atoms with Crippen LogP contribution in [0.5, 0.6) is 0 Å². The number of nitrogens with one attached hydrogen (secondary N) is 1. The molecule has 4 rings (SSSR count). The van der Waals surface area contributed by atoms with E-state index in [0.29, 0.717) is 0 Å². The van der Waals surface area contributed by atoms with E-state index >= 15 is 0 Å². The van der Waals surface area contributed by atoms with E-state index in [1.807, 2.05) is 42.5 Å². The second-order valence-corrected chi connectivity index (χ2v) is 7.17. The Balaban J connectivity index is 1.92. The molecule has 0 bridgehead atoms. The lowest BCUT2D eigenvalue weighted by molar-refractivity contribution is -0.115. The highest BCUT2D eigenvalue weighted by atomic mass is 16.3. The fourth-order valence-electron chi connectivity index (χ4n) is 3.82. The minimum absolute atomic E-state index is 0.00411. The molecule has 2 heterocycles. The number of rotatable bonds is 2. The molecule has 1 aliphatic rings. The zero-order valence-electron chi connectivity index (χ0n) is 16.3. The van der Waals surface area contributed by atoms with Crippen molar-refractivity contribution in [2.75, 3.05) is 5.32 Å². The summed E-state index contributed by atoms with van der Waals surface area (Å²) in [6.45, 7) is 0. The molecule has 30 heavy (non-hydrogen) atoms. The molecule has 150 valence electrons. The Morgan fingerprint density at radius 2 is 1.77 bits per heavy atom. The zero-order valence-corrected chi connectivity index (χ0v) is 16.3. The van der Waals surface area contributed by atoms with Gasteiger partial charge in [-0.05, 0) is 16.3 Å². The van der Waals surface area contributed by atoms with Gasteiger partial charge in [-0.25, -0.2) is 4.79 Å². The molecule has 2 aromatic carbocycles.